The van der Waals surface area contributed by atoms with Crippen LogP contribution in [0.5, 0.6) is 0 Å². The fraction of sp³-hybridized carbons (Fsp3) is 0.278. The average molecular weight is 282 g/mol. The maximum absolute atomic E-state index is 12.0. The normalized spacial score (nSPS) is 11.9. The molecule has 0 aliphatic rings. The van der Waals surface area contributed by atoms with Gasteiger partial charge < -0.3 is 11.1 Å². The lowest BCUT2D eigenvalue weighted by atomic mass is 10.1. The molecule has 1 atom stereocenters. The number of nitrogens with two attached hydrogens (primary N) is 1. The molecule has 0 radical (unpaired) electrons. The summed E-state index contributed by atoms with van der Waals surface area (Å²) in [7, 11) is 0. The molecule has 0 unspecified atom stereocenters. The second-order valence-electron chi connectivity index (χ2n) is 5.18. The SMILES string of the molecule is CCc1ccc(CNC(=O)[C@H](N)Cc2ccccc2)cc1. The van der Waals surface area contributed by atoms with Gasteiger partial charge in [-0.3, -0.25) is 4.79 Å². The van der Waals surface area contributed by atoms with Crippen LogP contribution in [0.15, 0.2) is 54.6 Å². The maximum Gasteiger partial charge on any atom is 0.237 e. The predicted molar refractivity (Wildman–Crippen MR) is 85.8 cm³/mol. The Bertz CT molecular complexity index is 564. The molecule has 3 nitrogen and oxygen atoms in total. The topological polar surface area (TPSA) is 55.1 Å². The number of aryl methyl sites for hydroxylation is 1. The monoisotopic (exact) mass is 282 g/mol. The van der Waals surface area contributed by atoms with Crippen molar-refractivity contribution in [2.24, 2.45) is 5.73 Å². The standard InChI is InChI=1S/C18H22N2O/c1-2-14-8-10-16(11-9-14)13-20-18(21)17(19)12-15-6-4-3-5-7-15/h3-11,17H,2,12-13,19H2,1H3,(H,20,21)/t17-/m1/s1. The summed E-state index contributed by atoms with van der Waals surface area (Å²) in [5, 5.41) is 2.89. The molecule has 3 heteroatoms. The van der Waals surface area contributed by atoms with Gasteiger partial charge in [-0.2, -0.15) is 0 Å². The number of rotatable bonds is 6. The Morgan fingerprint density at radius 1 is 1.00 bits per heavy atom. The number of carbonyl (C=O) groups excluding carboxylic acids is 1. The molecule has 0 fully saturated rings. The Labute approximate surface area is 126 Å². The maximum atomic E-state index is 12.0. The molecule has 0 aliphatic carbocycles. The van der Waals surface area contributed by atoms with Crippen LogP contribution in [0, 0.1) is 0 Å². The third kappa shape index (κ3) is 4.72. The van der Waals surface area contributed by atoms with Crippen LogP contribution >= 0.6 is 0 Å². The van der Waals surface area contributed by atoms with E-state index in [-0.39, 0.29) is 5.91 Å². The van der Waals surface area contributed by atoms with Crippen molar-refractivity contribution in [2.45, 2.75) is 32.4 Å². The molecule has 0 aromatic heterocycles. The molecule has 0 saturated heterocycles. The summed E-state index contributed by atoms with van der Waals surface area (Å²) in [4.78, 5) is 12.0. The molecule has 0 bridgehead atoms. The summed E-state index contributed by atoms with van der Waals surface area (Å²) in [5.74, 6) is -0.113. The van der Waals surface area contributed by atoms with Crippen molar-refractivity contribution in [3.8, 4) is 0 Å². The van der Waals surface area contributed by atoms with E-state index < -0.39 is 6.04 Å². The van der Waals surface area contributed by atoms with Gasteiger partial charge in [-0.05, 0) is 29.5 Å². The number of nitrogens with one attached hydrogen (secondary N) is 1. The van der Waals surface area contributed by atoms with Gasteiger partial charge >= 0.3 is 0 Å². The molecule has 3 N–H and O–H groups in total. The third-order valence-corrected chi connectivity index (χ3v) is 3.53. The second-order valence-corrected chi connectivity index (χ2v) is 5.18. The molecule has 0 spiro atoms. The van der Waals surface area contributed by atoms with E-state index in [1.807, 2.05) is 42.5 Å². The average Bonchev–Trinajstić information content (AvgIpc) is 2.54. The first kappa shape index (κ1) is 15.3. The van der Waals surface area contributed by atoms with E-state index >= 15 is 0 Å². The van der Waals surface area contributed by atoms with Crippen LogP contribution in [-0.2, 0) is 24.2 Å². The van der Waals surface area contributed by atoms with Gasteiger partial charge in [0.05, 0.1) is 6.04 Å². The highest BCUT2D eigenvalue weighted by Crippen LogP contribution is 2.05. The molecule has 0 saturated carbocycles. The highest BCUT2D eigenvalue weighted by molar-refractivity contribution is 5.81. The van der Waals surface area contributed by atoms with Crippen molar-refractivity contribution in [2.75, 3.05) is 0 Å². The summed E-state index contributed by atoms with van der Waals surface area (Å²) >= 11 is 0. The minimum Gasteiger partial charge on any atom is -0.351 e. The largest absolute Gasteiger partial charge is 0.351 e. The zero-order chi connectivity index (χ0) is 15.1. The fourth-order valence-corrected chi connectivity index (χ4v) is 2.17. The first-order valence-electron chi connectivity index (χ1n) is 7.34. The number of benzene rings is 2. The van der Waals surface area contributed by atoms with E-state index in [9.17, 15) is 4.79 Å². The molecule has 2 aromatic carbocycles. The van der Waals surface area contributed by atoms with Crippen LogP contribution in [0.1, 0.15) is 23.6 Å². The van der Waals surface area contributed by atoms with Crippen LogP contribution in [0.25, 0.3) is 0 Å². The van der Waals surface area contributed by atoms with Gasteiger partial charge in [0.25, 0.3) is 0 Å². The molecular weight excluding hydrogens is 260 g/mol. The van der Waals surface area contributed by atoms with E-state index in [0.29, 0.717) is 13.0 Å². The lowest BCUT2D eigenvalue weighted by Gasteiger charge is -2.12. The van der Waals surface area contributed by atoms with Gasteiger partial charge in [0.15, 0.2) is 0 Å². The van der Waals surface area contributed by atoms with Gasteiger partial charge in [-0.1, -0.05) is 61.5 Å². The van der Waals surface area contributed by atoms with Crippen molar-refractivity contribution in [1.29, 1.82) is 0 Å². The molecule has 0 heterocycles. The minimum absolute atomic E-state index is 0.113. The lowest BCUT2D eigenvalue weighted by Crippen LogP contribution is -2.41. The number of amides is 1. The number of hydrogen-bond donors (Lipinski definition) is 2. The number of hydrogen-bond acceptors (Lipinski definition) is 2. The summed E-state index contributed by atoms with van der Waals surface area (Å²) < 4.78 is 0. The quantitative estimate of drug-likeness (QED) is 0.855. The molecule has 2 rings (SSSR count). The van der Waals surface area contributed by atoms with Crippen LogP contribution in [0.4, 0.5) is 0 Å². The van der Waals surface area contributed by atoms with Crippen LogP contribution < -0.4 is 11.1 Å². The first-order chi connectivity index (χ1) is 10.2. The molecule has 21 heavy (non-hydrogen) atoms. The van der Waals surface area contributed by atoms with Gasteiger partial charge in [-0.15, -0.1) is 0 Å². The zero-order valence-corrected chi connectivity index (χ0v) is 12.4. The predicted octanol–water partition coefficient (Wildman–Crippen LogP) is 2.44. The minimum atomic E-state index is -0.512. The first-order valence-corrected chi connectivity index (χ1v) is 7.34. The van der Waals surface area contributed by atoms with Gasteiger partial charge in [0.1, 0.15) is 0 Å². The molecule has 2 aromatic rings. The molecular formula is C18H22N2O. The smallest absolute Gasteiger partial charge is 0.237 e. The van der Waals surface area contributed by atoms with Crippen molar-refractivity contribution in [3.05, 3.63) is 71.3 Å². The van der Waals surface area contributed by atoms with Crippen molar-refractivity contribution in [1.82, 2.24) is 5.32 Å². The van der Waals surface area contributed by atoms with E-state index in [4.69, 9.17) is 5.73 Å². The Kier molecular flexibility index (Phi) is 5.52. The second kappa shape index (κ2) is 7.60. The van der Waals surface area contributed by atoms with Crippen LogP contribution in [-0.4, -0.2) is 11.9 Å². The zero-order valence-electron chi connectivity index (χ0n) is 12.4. The van der Waals surface area contributed by atoms with Crippen LogP contribution in [0.3, 0.4) is 0 Å². The molecule has 110 valence electrons. The Morgan fingerprint density at radius 2 is 1.62 bits per heavy atom. The van der Waals surface area contributed by atoms with E-state index in [1.54, 1.807) is 0 Å². The van der Waals surface area contributed by atoms with Crippen molar-refractivity contribution >= 4 is 5.91 Å². The van der Waals surface area contributed by atoms with Crippen molar-refractivity contribution < 1.29 is 4.79 Å². The summed E-state index contributed by atoms with van der Waals surface area (Å²) in [6, 6.07) is 17.6. The van der Waals surface area contributed by atoms with Crippen molar-refractivity contribution in [3.63, 3.8) is 0 Å². The molecule has 1 amide bonds. The highest BCUT2D eigenvalue weighted by Gasteiger charge is 2.13. The van der Waals surface area contributed by atoms with Crippen LogP contribution in [0.2, 0.25) is 0 Å². The summed E-state index contributed by atoms with van der Waals surface area (Å²) in [6.45, 7) is 2.64. The molecule has 0 aliphatic heterocycles. The van der Waals surface area contributed by atoms with Gasteiger partial charge in [-0.25, -0.2) is 0 Å². The summed E-state index contributed by atoms with van der Waals surface area (Å²) in [6.07, 6.45) is 1.58. The number of carbonyl (C=O) groups is 1. The Hall–Kier alpha value is -2.13. The summed E-state index contributed by atoms with van der Waals surface area (Å²) in [5.41, 5.74) is 9.41. The van der Waals surface area contributed by atoms with E-state index in [1.165, 1.54) is 5.56 Å². The third-order valence-electron chi connectivity index (χ3n) is 3.53. The van der Waals surface area contributed by atoms with Gasteiger partial charge in [0.2, 0.25) is 5.91 Å². The fourth-order valence-electron chi connectivity index (χ4n) is 2.17. The Balaban J connectivity index is 1.83. The van der Waals surface area contributed by atoms with E-state index in [0.717, 1.165) is 17.5 Å². The van der Waals surface area contributed by atoms with E-state index in [2.05, 4.69) is 24.4 Å². The Morgan fingerprint density at radius 3 is 2.24 bits per heavy atom. The lowest BCUT2D eigenvalue weighted by molar-refractivity contribution is -0.122. The highest BCUT2D eigenvalue weighted by atomic mass is 16.2. The van der Waals surface area contributed by atoms with Gasteiger partial charge in [0, 0.05) is 6.54 Å².